The van der Waals surface area contributed by atoms with Crippen molar-refractivity contribution < 1.29 is 26.4 Å². The zero-order valence-electron chi connectivity index (χ0n) is 11.6. The second-order valence-electron chi connectivity index (χ2n) is 5.13. The van der Waals surface area contributed by atoms with Gasteiger partial charge in [0.15, 0.2) is 0 Å². The number of rotatable bonds is 3. The van der Waals surface area contributed by atoms with Crippen LogP contribution in [-0.2, 0) is 20.9 Å². The summed E-state index contributed by atoms with van der Waals surface area (Å²) in [6.45, 7) is 0. The van der Waals surface area contributed by atoms with E-state index in [2.05, 4.69) is 4.79 Å². The Morgan fingerprint density at radius 2 is 1.86 bits per heavy atom. The van der Waals surface area contributed by atoms with Crippen molar-refractivity contribution >= 4 is 26.0 Å². The van der Waals surface area contributed by atoms with E-state index in [9.17, 15) is 27.1 Å². The molecule has 9 heteroatoms. The lowest BCUT2D eigenvalue weighted by Gasteiger charge is -2.34. The van der Waals surface area contributed by atoms with Crippen LogP contribution in [0, 0.1) is 5.82 Å². The molecule has 1 unspecified atom stereocenters. The first kappa shape index (κ1) is 17.0. The third kappa shape index (κ3) is 2.77. The summed E-state index contributed by atoms with van der Waals surface area (Å²) in [5.74, 6) is -1.02. The Bertz CT molecular complexity index is 751. The van der Waals surface area contributed by atoms with E-state index >= 15 is 0 Å². The molecule has 0 spiro atoms. The first-order valence-electron chi connectivity index (χ1n) is 6.68. The molecule has 22 heavy (non-hydrogen) atoms. The average molecular weight is 345 g/mol. The largest absolute Gasteiger partial charge is 0.771 e. The van der Waals surface area contributed by atoms with Crippen molar-refractivity contribution in [2.24, 2.45) is 0 Å². The Morgan fingerprint density at radius 1 is 1.27 bits per heavy atom. The zero-order valence-corrected chi connectivity index (χ0v) is 13.2. The Kier molecular flexibility index (Phi) is 4.91. The molecular formula is C13H14FN2O4S2-. The molecule has 1 saturated carbocycles. The van der Waals surface area contributed by atoms with E-state index in [4.69, 9.17) is 0 Å². The summed E-state index contributed by atoms with van der Waals surface area (Å²) in [4.78, 5) is 2.07. The zero-order chi connectivity index (χ0) is 16.4. The molecule has 0 amide bonds. The Hall–Kier alpha value is -1.41. The quantitative estimate of drug-likeness (QED) is 0.273. The molecule has 0 aromatic heterocycles. The average Bonchev–Trinajstić information content (AvgIpc) is 2.48. The summed E-state index contributed by atoms with van der Waals surface area (Å²) >= 11 is -2.81. The van der Waals surface area contributed by atoms with Crippen LogP contribution in [-0.4, -0.2) is 31.8 Å². The second-order valence-corrected chi connectivity index (χ2v) is 8.21. The number of hydrogen-bond acceptors (Lipinski definition) is 4. The molecular weight excluding hydrogens is 331 g/mol. The molecule has 0 N–H and O–H groups in total. The molecule has 6 nitrogen and oxygen atoms in total. The molecule has 1 aromatic carbocycles. The first-order chi connectivity index (χ1) is 10.4. The monoisotopic (exact) mass is 345 g/mol. The maximum absolute atomic E-state index is 13.8. The highest BCUT2D eigenvalue weighted by atomic mass is 32.2. The van der Waals surface area contributed by atoms with Crippen LogP contribution in [0.25, 0.3) is 5.53 Å². The van der Waals surface area contributed by atoms with Crippen molar-refractivity contribution in [1.82, 2.24) is 0 Å². The summed E-state index contributed by atoms with van der Waals surface area (Å²) in [6, 6.07) is 4.59. The first-order valence-corrected chi connectivity index (χ1v) is 9.23. The normalized spacial score (nSPS) is 19.2. The molecule has 0 radical (unpaired) electrons. The number of nitrogens with zero attached hydrogens (tertiary/aromatic N) is 2. The summed E-state index contributed by atoms with van der Waals surface area (Å²) in [6.07, 6.45) is 1.78. The van der Waals surface area contributed by atoms with Gasteiger partial charge in [-0.25, -0.2) is 12.8 Å². The van der Waals surface area contributed by atoms with Gasteiger partial charge >= 0.3 is 5.04 Å². The van der Waals surface area contributed by atoms with Crippen LogP contribution in [0.1, 0.15) is 32.1 Å². The van der Waals surface area contributed by atoms with Crippen molar-refractivity contribution in [3.8, 4) is 0 Å². The van der Waals surface area contributed by atoms with E-state index in [1.54, 1.807) is 0 Å². The predicted octanol–water partition coefficient (Wildman–Crippen LogP) is 1.81. The Balaban J connectivity index is 2.63. The van der Waals surface area contributed by atoms with Gasteiger partial charge in [0.1, 0.15) is 15.5 Å². The molecule has 120 valence electrons. The van der Waals surface area contributed by atoms with Gasteiger partial charge in [-0.1, -0.05) is 31.4 Å². The van der Waals surface area contributed by atoms with Crippen molar-refractivity contribution in [2.75, 3.05) is 0 Å². The van der Waals surface area contributed by atoms with Gasteiger partial charge in [0.25, 0.3) is 9.84 Å². The van der Waals surface area contributed by atoms with Gasteiger partial charge < -0.3 is 10.1 Å². The Morgan fingerprint density at radius 3 is 2.36 bits per heavy atom. The lowest BCUT2D eigenvalue weighted by Crippen LogP contribution is -2.49. The molecule has 0 bridgehead atoms. The molecule has 0 heterocycles. The fourth-order valence-corrected chi connectivity index (χ4v) is 5.66. The maximum Gasteiger partial charge on any atom is 0.403 e. The maximum atomic E-state index is 13.8. The number of sulfone groups is 1. The van der Waals surface area contributed by atoms with Crippen LogP contribution in [0.2, 0.25) is 0 Å². The fraction of sp³-hybridized carbons (Fsp3) is 0.462. The van der Waals surface area contributed by atoms with E-state index in [0.29, 0.717) is 12.8 Å². The van der Waals surface area contributed by atoms with Gasteiger partial charge in [0, 0.05) is 0 Å². The number of halogens is 1. The van der Waals surface area contributed by atoms with Gasteiger partial charge in [0.2, 0.25) is 0 Å². The van der Waals surface area contributed by atoms with Crippen LogP contribution < -0.4 is 0 Å². The minimum atomic E-state index is -4.55. The smallest absolute Gasteiger partial charge is 0.403 e. The molecule has 0 saturated heterocycles. The third-order valence-electron chi connectivity index (χ3n) is 3.84. The molecule has 1 aliphatic carbocycles. The molecule has 1 aliphatic rings. The molecule has 1 aromatic rings. The lowest BCUT2D eigenvalue weighted by molar-refractivity contribution is -0.00762. The van der Waals surface area contributed by atoms with Crippen LogP contribution in [0.5, 0.6) is 0 Å². The minimum Gasteiger partial charge on any atom is -0.771 e. The van der Waals surface area contributed by atoms with Gasteiger partial charge in [-0.15, -0.1) is 0 Å². The molecule has 0 aliphatic heterocycles. The third-order valence-corrected chi connectivity index (χ3v) is 7.10. The second kappa shape index (κ2) is 6.37. The SMILES string of the molecule is [N-]=[N+]=C(C1(S(=O)[O-])CCCCC1)S(=O)(=O)c1ccccc1F. The van der Waals surface area contributed by atoms with E-state index in [1.807, 2.05) is 0 Å². The molecule has 2 rings (SSSR count). The highest BCUT2D eigenvalue weighted by molar-refractivity contribution is 8.08. The summed E-state index contributed by atoms with van der Waals surface area (Å²) in [7, 11) is -4.55. The van der Waals surface area contributed by atoms with E-state index < -0.39 is 41.4 Å². The predicted molar refractivity (Wildman–Crippen MR) is 76.9 cm³/mol. The minimum absolute atomic E-state index is 0.0240. The fourth-order valence-electron chi connectivity index (χ4n) is 2.73. The molecule has 1 fully saturated rings. The molecule has 1 atom stereocenters. The van der Waals surface area contributed by atoms with Crippen molar-refractivity contribution in [2.45, 2.75) is 41.7 Å². The van der Waals surface area contributed by atoms with E-state index in [-0.39, 0.29) is 12.8 Å². The standard InChI is InChI=1S/C13H15FN2O4S2/c14-10-6-2-3-7-11(10)22(19,20)12(16-15)13(21(17)18)8-4-1-5-9-13/h2-3,6-7H,1,4-5,8-9H2,(H,17,18)/p-1. The van der Waals surface area contributed by atoms with Gasteiger partial charge in [-0.2, -0.15) is 4.79 Å². The van der Waals surface area contributed by atoms with Crippen molar-refractivity contribution in [3.63, 3.8) is 0 Å². The summed E-state index contributed by atoms with van der Waals surface area (Å²) < 4.78 is 60.6. The highest BCUT2D eigenvalue weighted by Gasteiger charge is 2.53. The van der Waals surface area contributed by atoms with Gasteiger partial charge in [-0.05, 0) is 36.1 Å². The van der Waals surface area contributed by atoms with Gasteiger partial charge in [0.05, 0.1) is 0 Å². The van der Waals surface area contributed by atoms with Crippen LogP contribution in [0.3, 0.4) is 0 Å². The van der Waals surface area contributed by atoms with E-state index in [1.165, 1.54) is 12.1 Å². The van der Waals surface area contributed by atoms with Crippen LogP contribution >= 0.6 is 0 Å². The van der Waals surface area contributed by atoms with Crippen LogP contribution in [0.4, 0.5) is 4.39 Å². The van der Waals surface area contributed by atoms with E-state index in [0.717, 1.165) is 18.6 Å². The van der Waals surface area contributed by atoms with Gasteiger partial charge in [-0.3, -0.25) is 4.21 Å². The number of hydrogen-bond donors (Lipinski definition) is 0. The highest BCUT2D eigenvalue weighted by Crippen LogP contribution is 2.37. The summed E-state index contributed by atoms with van der Waals surface area (Å²) in [5, 5.41) is -0.905. The number of benzene rings is 1. The van der Waals surface area contributed by atoms with Crippen molar-refractivity contribution in [1.29, 1.82) is 0 Å². The Labute approximate surface area is 130 Å². The summed E-state index contributed by atoms with van der Waals surface area (Å²) in [5.41, 5.74) is 9.19. The lowest BCUT2D eigenvalue weighted by atomic mass is 9.89. The topological polar surface area (TPSA) is 111 Å². The van der Waals surface area contributed by atoms with Crippen molar-refractivity contribution in [3.05, 3.63) is 35.6 Å². The van der Waals surface area contributed by atoms with Crippen LogP contribution in [0.15, 0.2) is 29.2 Å².